The third-order valence-corrected chi connectivity index (χ3v) is 3.46. The molecule has 1 amide bonds. The molecule has 0 aromatic heterocycles. The third kappa shape index (κ3) is 9.07. The van der Waals surface area contributed by atoms with E-state index >= 15 is 0 Å². The summed E-state index contributed by atoms with van der Waals surface area (Å²) in [5, 5.41) is 2.86. The fourth-order valence-electron chi connectivity index (χ4n) is 1.68. The van der Waals surface area contributed by atoms with Crippen LogP contribution >= 0.6 is 15.9 Å². The zero-order valence-corrected chi connectivity index (χ0v) is 16.1. The number of halogens is 1. The molecule has 0 heterocycles. The molecule has 5 nitrogen and oxygen atoms in total. The maximum atomic E-state index is 12.0. The molecule has 0 aromatic rings. The third-order valence-electron chi connectivity index (χ3n) is 2.63. The normalized spacial score (nSPS) is 15.3. The Morgan fingerprint density at radius 2 is 1.73 bits per heavy atom. The summed E-state index contributed by atoms with van der Waals surface area (Å²) in [6.07, 6.45) is 2.55. The van der Waals surface area contributed by atoms with E-state index in [0.717, 1.165) is 0 Å². The number of carbonyl (C=O) groups is 2. The van der Waals surface area contributed by atoms with Crippen LogP contribution in [0.5, 0.6) is 0 Å². The highest BCUT2D eigenvalue weighted by atomic mass is 79.9. The van der Waals surface area contributed by atoms with Crippen molar-refractivity contribution in [3.05, 3.63) is 12.2 Å². The van der Waals surface area contributed by atoms with Gasteiger partial charge in [-0.25, -0.2) is 9.59 Å². The molecule has 0 unspecified atom stereocenters. The molecule has 0 saturated heterocycles. The summed E-state index contributed by atoms with van der Waals surface area (Å²) in [5.41, 5.74) is -0.792. The van der Waals surface area contributed by atoms with Gasteiger partial charge in [-0.1, -0.05) is 42.8 Å². The van der Waals surface area contributed by atoms with Gasteiger partial charge in [0.15, 0.2) is 0 Å². The van der Waals surface area contributed by atoms with E-state index in [-0.39, 0.29) is 16.3 Å². The zero-order chi connectivity index (χ0) is 17.6. The summed E-state index contributed by atoms with van der Waals surface area (Å²) in [7, 11) is 0. The first-order valence-corrected chi connectivity index (χ1v) is 8.27. The number of alkyl carbamates (subject to hydrolysis) is 1. The second-order valence-electron chi connectivity index (χ2n) is 7.05. The van der Waals surface area contributed by atoms with Crippen molar-refractivity contribution in [1.82, 2.24) is 5.32 Å². The number of hydrogen-bond donors (Lipinski definition) is 1. The fraction of sp³-hybridized carbons (Fsp3) is 0.750. The Balaban J connectivity index is 4.92. The maximum Gasteiger partial charge on any atom is 0.407 e. The lowest BCUT2D eigenvalue weighted by Gasteiger charge is -2.34. The van der Waals surface area contributed by atoms with Crippen molar-refractivity contribution in [3.8, 4) is 0 Å². The van der Waals surface area contributed by atoms with Gasteiger partial charge >= 0.3 is 12.1 Å². The van der Waals surface area contributed by atoms with Crippen LogP contribution in [0.15, 0.2) is 12.2 Å². The van der Waals surface area contributed by atoms with E-state index in [2.05, 4.69) is 21.2 Å². The van der Waals surface area contributed by atoms with E-state index in [1.54, 1.807) is 13.0 Å². The van der Waals surface area contributed by atoms with Crippen molar-refractivity contribution >= 4 is 28.0 Å². The predicted molar refractivity (Wildman–Crippen MR) is 91.1 cm³/mol. The van der Waals surface area contributed by atoms with Crippen LogP contribution in [0, 0.1) is 5.41 Å². The van der Waals surface area contributed by atoms with Gasteiger partial charge in [-0.3, -0.25) is 0 Å². The molecular weight excluding hydrogens is 350 g/mol. The van der Waals surface area contributed by atoms with Gasteiger partial charge in [-0.2, -0.15) is 0 Å². The number of amides is 1. The molecule has 0 rings (SSSR count). The minimum absolute atomic E-state index is 0.232. The average Bonchev–Trinajstić information content (AvgIpc) is 2.30. The number of ether oxygens (including phenoxy) is 2. The van der Waals surface area contributed by atoms with Gasteiger partial charge < -0.3 is 14.8 Å². The first-order chi connectivity index (χ1) is 9.86. The first kappa shape index (κ1) is 21.0. The second-order valence-corrected chi connectivity index (χ2v) is 8.10. The van der Waals surface area contributed by atoms with E-state index in [4.69, 9.17) is 9.47 Å². The lowest BCUT2D eigenvalue weighted by Crippen LogP contribution is -2.50. The van der Waals surface area contributed by atoms with E-state index in [0.29, 0.717) is 6.61 Å². The van der Waals surface area contributed by atoms with Crippen LogP contribution in [0.1, 0.15) is 48.5 Å². The summed E-state index contributed by atoms with van der Waals surface area (Å²) in [6.45, 7) is 13.5. The maximum absolute atomic E-state index is 12.0. The quantitative estimate of drug-likeness (QED) is 0.449. The van der Waals surface area contributed by atoms with E-state index < -0.39 is 17.7 Å². The molecule has 0 aliphatic carbocycles. The Morgan fingerprint density at radius 1 is 1.18 bits per heavy atom. The number of hydrogen-bond acceptors (Lipinski definition) is 4. The van der Waals surface area contributed by atoms with Crippen molar-refractivity contribution in [2.75, 3.05) is 6.61 Å². The summed E-state index contributed by atoms with van der Waals surface area (Å²) in [6, 6.07) is -0.256. The van der Waals surface area contributed by atoms with Crippen molar-refractivity contribution in [2.45, 2.75) is 64.9 Å². The van der Waals surface area contributed by atoms with Crippen molar-refractivity contribution < 1.29 is 19.1 Å². The van der Waals surface area contributed by atoms with Gasteiger partial charge in [0, 0.05) is 6.08 Å². The highest BCUT2D eigenvalue weighted by molar-refractivity contribution is 9.09. The minimum atomic E-state index is -0.560. The van der Waals surface area contributed by atoms with Gasteiger partial charge in [0.2, 0.25) is 0 Å². The van der Waals surface area contributed by atoms with E-state index in [1.165, 1.54) is 6.08 Å². The van der Waals surface area contributed by atoms with E-state index in [1.807, 2.05) is 41.5 Å². The van der Waals surface area contributed by atoms with Crippen LogP contribution in [0.4, 0.5) is 4.79 Å². The Bertz CT molecular complexity index is 407. The Labute approximate surface area is 141 Å². The molecule has 1 N–H and O–H groups in total. The molecule has 0 aliphatic rings. The molecule has 0 radical (unpaired) electrons. The molecule has 0 saturated carbocycles. The van der Waals surface area contributed by atoms with Crippen LogP contribution in [0.3, 0.4) is 0 Å². The van der Waals surface area contributed by atoms with Crippen LogP contribution < -0.4 is 5.32 Å². The molecular formula is C16H28BrNO4. The van der Waals surface area contributed by atoms with Gasteiger partial charge in [-0.05, 0) is 33.1 Å². The molecule has 0 bridgehead atoms. The van der Waals surface area contributed by atoms with Crippen LogP contribution in [-0.4, -0.2) is 35.1 Å². The lowest BCUT2D eigenvalue weighted by atomic mass is 9.84. The highest BCUT2D eigenvalue weighted by Gasteiger charge is 2.32. The first-order valence-electron chi connectivity index (χ1n) is 7.35. The summed E-state index contributed by atoms with van der Waals surface area (Å²) >= 11 is 3.50. The Kier molecular flexibility index (Phi) is 8.15. The van der Waals surface area contributed by atoms with Crippen LogP contribution in [0.2, 0.25) is 0 Å². The standard InChI is InChI=1S/C16H28BrNO4/c1-8-21-12(19)10-9-11(17)13(15(2,3)4)18-14(20)22-16(5,6)7/h9-11,13H,8H2,1-7H3,(H,18,20)/b10-9+/t11-,13-/m0/s1. The Hall–Kier alpha value is -1.04. The van der Waals surface area contributed by atoms with Gasteiger partial charge in [0.1, 0.15) is 5.60 Å². The molecule has 128 valence electrons. The topological polar surface area (TPSA) is 64.6 Å². The van der Waals surface area contributed by atoms with Crippen LogP contribution in [0.25, 0.3) is 0 Å². The number of carbonyl (C=O) groups excluding carboxylic acids is 2. The molecule has 2 atom stereocenters. The molecule has 6 heteroatoms. The van der Waals surface area contributed by atoms with Crippen LogP contribution in [-0.2, 0) is 14.3 Å². The number of alkyl halides is 1. The molecule has 0 aliphatic heterocycles. The molecule has 22 heavy (non-hydrogen) atoms. The number of nitrogens with one attached hydrogen (secondary N) is 1. The van der Waals surface area contributed by atoms with E-state index in [9.17, 15) is 9.59 Å². The zero-order valence-electron chi connectivity index (χ0n) is 14.5. The second kappa shape index (κ2) is 8.56. The SMILES string of the molecule is CCOC(=O)/C=C/[C@H](Br)[C@H](NC(=O)OC(C)(C)C)C(C)(C)C. The summed E-state index contributed by atoms with van der Waals surface area (Å²) in [5.74, 6) is -0.406. The summed E-state index contributed by atoms with van der Waals surface area (Å²) in [4.78, 5) is 23.1. The van der Waals surface area contributed by atoms with Gasteiger partial charge in [-0.15, -0.1) is 0 Å². The smallest absolute Gasteiger partial charge is 0.407 e. The van der Waals surface area contributed by atoms with Crippen molar-refractivity contribution in [2.24, 2.45) is 5.41 Å². The Morgan fingerprint density at radius 3 is 2.14 bits per heavy atom. The largest absolute Gasteiger partial charge is 0.463 e. The summed E-state index contributed by atoms with van der Waals surface area (Å²) < 4.78 is 10.1. The van der Waals surface area contributed by atoms with Gasteiger partial charge in [0.05, 0.1) is 17.5 Å². The number of esters is 1. The van der Waals surface area contributed by atoms with Crippen molar-refractivity contribution in [1.29, 1.82) is 0 Å². The van der Waals surface area contributed by atoms with Crippen molar-refractivity contribution in [3.63, 3.8) is 0 Å². The lowest BCUT2D eigenvalue weighted by molar-refractivity contribution is -0.137. The fourth-order valence-corrected chi connectivity index (χ4v) is 2.76. The number of rotatable bonds is 5. The monoisotopic (exact) mass is 377 g/mol. The highest BCUT2D eigenvalue weighted by Crippen LogP contribution is 2.27. The molecule has 0 spiro atoms. The predicted octanol–water partition coefficient (Wildman–Crippen LogP) is 3.81. The van der Waals surface area contributed by atoms with Gasteiger partial charge in [0.25, 0.3) is 0 Å². The molecule has 0 aromatic carbocycles. The molecule has 0 fully saturated rings. The average molecular weight is 378 g/mol. The minimum Gasteiger partial charge on any atom is -0.463 e.